The first-order chi connectivity index (χ1) is 14.2. The molecule has 0 aliphatic heterocycles. The topological polar surface area (TPSA) is 40.5 Å². The van der Waals surface area contributed by atoms with Crippen LogP contribution < -0.4 is 0 Å². The van der Waals surface area contributed by atoms with Crippen LogP contribution >= 0.6 is 0 Å². The highest BCUT2D eigenvalue weighted by Gasteiger charge is 2.08. The molecule has 3 nitrogen and oxygen atoms in total. The first kappa shape index (κ1) is 27.9. The molecule has 0 saturated carbocycles. The number of unbranched alkanes of at least 4 members (excludes halogenated alkanes) is 12. The van der Waals surface area contributed by atoms with Gasteiger partial charge in [-0.2, -0.15) is 0 Å². The van der Waals surface area contributed by atoms with Crippen molar-refractivity contribution in [1.29, 1.82) is 0 Å². The molecular weight excluding hydrogens is 358 g/mol. The second kappa shape index (κ2) is 23.2. The van der Waals surface area contributed by atoms with E-state index in [1.807, 2.05) is 0 Å². The Labute approximate surface area is 181 Å². The highest BCUT2D eigenvalue weighted by Crippen LogP contribution is 2.11. The van der Waals surface area contributed by atoms with Crippen LogP contribution in [0.5, 0.6) is 0 Å². The number of hydrogen-bond acceptors (Lipinski definition) is 2. The van der Waals surface area contributed by atoms with Crippen LogP contribution in [-0.2, 0) is 4.79 Å². The van der Waals surface area contributed by atoms with Crippen molar-refractivity contribution >= 4 is 5.97 Å². The van der Waals surface area contributed by atoms with Crippen molar-refractivity contribution in [2.45, 2.75) is 117 Å². The Morgan fingerprint density at radius 3 is 1.38 bits per heavy atom. The monoisotopic (exact) mass is 407 g/mol. The summed E-state index contributed by atoms with van der Waals surface area (Å²) >= 11 is 0. The second-order valence-electron chi connectivity index (χ2n) is 8.25. The minimum absolute atomic E-state index is 0.202. The SMILES string of the molecule is CC/C=C/CCCCCCCCN(CCCCCCCC/C=C/CC)CC(=O)O. The molecule has 0 unspecified atom stereocenters. The van der Waals surface area contributed by atoms with Crippen LogP contribution in [-0.4, -0.2) is 35.6 Å². The van der Waals surface area contributed by atoms with Crippen molar-refractivity contribution in [3.63, 3.8) is 0 Å². The average Bonchev–Trinajstić information content (AvgIpc) is 2.70. The molecule has 0 aromatic carbocycles. The first-order valence-electron chi connectivity index (χ1n) is 12.4. The van der Waals surface area contributed by atoms with Crippen LogP contribution in [0.4, 0.5) is 0 Å². The first-order valence-corrected chi connectivity index (χ1v) is 12.4. The molecule has 0 heterocycles. The summed E-state index contributed by atoms with van der Waals surface area (Å²) in [5.41, 5.74) is 0. The van der Waals surface area contributed by atoms with Crippen LogP contribution in [0, 0.1) is 0 Å². The molecule has 0 aromatic rings. The van der Waals surface area contributed by atoms with Gasteiger partial charge in [0.1, 0.15) is 0 Å². The smallest absolute Gasteiger partial charge is 0.317 e. The van der Waals surface area contributed by atoms with E-state index in [1.165, 1.54) is 77.0 Å². The van der Waals surface area contributed by atoms with Crippen LogP contribution in [0.1, 0.15) is 117 Å². The molecule has 0 aromatic heterocycles. The Morgan fingerprint density at radius 1 is 0.621 bits per heavy atom. The summed E-state index contributed by atoms with van der Waals surface area (Å²) in [6, 6.07) is 0. The van der Waals surface area contributed by atoms with Crippen LogP contribution in [0.25, 0.3) is 0 Å². The predicted octanol–water partition coefficient (Wildman–Crippen LogP) is 7.77. The molecule has 3 heteroatoms. The maximum Gasteiger partial charge on any atom is 0.317 e. The van der Waals surface area contributed by atoms with E-state index in [4.69, 9.17) is 5.11 Å². The molecule has 0 fully saturated rings. The van der Waals surface area contributed by atoms with Crippen molar-refractivity contribution in [2.75, 3.05) is 19.6 Å². The van der Waals surface area contributed by atoms with E-state index in [-0.39, 0.29) is 6.54 Å². The Kier molecular flexibility index (Phi) is 22.3. The van der Waals surface area contributed by atoms with Gasteiger partial charge in [-0.3, -0.25) is 9.69 Å². The third-order valence-electron chi connectivity index (χ3n) is 5.35. The molecule has 0 amide bonds. The molecule has 170 valence electrons. The summed E-state index contributed by atoms with van der Waals surface area (Å²) in [6.45, 7) is 6.44. The third kappa shape index (κ3) is 23.1. The van der Waals surface area contributed by atoms with Crippen LogP contribution in [0.2, 0.25) is 0 Å². The van der Waals surface area contributed by atoms with Gasteiger partial charge in [-0.25, -0.2) is 0 Å². The van der Waals surface area contributed by atoms with E-state index < -0.39 is 5.97 Å². The quantitative estimate of drug-likeness (QED) is 0.147. The highest BCUT2D eigenvalue weighted by molar-refractivity contribution is 5.69. The van der Waals surface area contributed by atoms with Gasteiger partial charge in [0.25, 0.3) is 0 Å². The van der Waals surface area contributed by atoms with Crippen molar-refractivity contribution in [3.8, 4) is 0 Å². The van der Waals surface area contributed by atoms with Gasteiger partial charge in [0.05, 0.1) is 6.54 Å². The van der Waals surface area contributed by atoms with Gasteiger partial charge in [-0.1, -0.05) is 89.5 Å². The summed E-state index contributed by atoms with van der Waals surface area (Å²) in [4.78, 5) is 13.3. The minimum Gasteiger partial charge on any atom is -0.480 e. The molecular formula is C26H49NO2. The number of hydrogen-bond donors (Lipinski definition) is 1. The molecule has 29 heavy (non-hydrogen) atoms. The average molecular weight is 408 g/mol. The van der Waals surface area contributed by atoms with Crippen LogP contribution in [0.3, 0.4) is 0 Å². The Bertz CT molecular complexity index is 374. The van der Waals surface area contributed by atoms with Gasteiger partial charge in [0.2, 0.25) is 0 Å². The highest BCUT2D eigenvalue weighted by atomic mass is 16.4. The lowest BCUT2D eigenvalue weighted by Crippen LogP contribution is -2.31. The maximum absolute atomic E-state index is 11.1. The number of rotatable bonds is 22. The standard InChI is InChI=1S/C26H49NO2/c1-3-5-7-9-11-13-15-17-19-21-23-27(25-26(28)29)24-22-20-18-16-14-12-10-8-6-4-2/h5-8H,3-4,9-25H2,1-2H3,(H,28,29)/b7-5+,8-6+. The fourth-order valence-electron chi connectivity index (χ4n) is 3.64. The molecule has 0 rings (SSSR count). The van der Waals surface area contributed by atoms with Crippen molar-refractivity contribution in [1.82, 2.24) is 4.90 Å². The van der Waals surface area contributed by atoms with Gasteiger partial charge in [0.15, 0.2) is 0 Å². The maximum atomic E-state index is 11.1. The van der Waals surface area contributed by atoms with Gasteiger partial charge in [0, 0.05) is 0 Å². The van der Waals surface area contributed by atoms with Crippen molar-refractivity contribution in [2.24, 2.45) is 0 Å². The summed E-state index contributed by atoms with van der Waals surface area (Å²) in [6.07, 6.45) is 29.0. The Balaban J connectivity index is 3.63. The number of carboxylic acids is 1. The van der Waals surface area contributed by atoms with E-state index in [0.717, 1.165) is 38.8 Å². The summed E-state index contributed by atoms with van der Waals surface area (Å²) in [5.74, 6) is -0.690. The summed E-state index contributed by atoms with van der Waals surface area (Å²) in [7, 11) is 0. The zero-order chi connectivity index (χ0) is 21.4. The second-order valence-corrected chi connectivity index (χ2v) is 8.25. The lowest BCUT2D eigenvalue weighted by Gasteiger charge is -2.20. The number of aliphatic carboxylic acids is 1. The molecule has 1 N–H and O–H groups in total. The molecule has 0 spiro atoms. The zero-order valence-electron chi connectivity index (χ0n) is 19.5. The van der Waals surface area contributed by atoms with E-state index in [0.29, 0.717) is 0 Å². The van der Waals surface area contributed by atoms with E-state index >= 15 is 0 Å². The number of nitrogens with zero attached hydrogens (tertiary/aromatic N) is 1. The fourth-order valence-corrected chi connectivity index (χ4v) is 3.64. The predicted molar refractivity (Wildman–Crippen MR) is 128 cm³/mol. The molecule has 0 aliphatic carbocycles. The minimum atomic E-state index is -0.690. The van der Waals surface area contributed by atoms with Gasteiger partial charge >= 0.3 is 5.97 Å². The fraction of sp³-hybridized carbons (Fsp3) is 0.808. The lowest BCUT2D eigenvalue weighted by molar-refractivity contribution is -0.138. The van der Waals surface area contributed by atoms with Crippen molar-refractivity contribution in [3.05, 3.63) is 24.3 Å². The molecule has 0 atom stereocenters. The largest absolute Gasteiger partial charge is 0.480 e. The summed E-state index contributed by atoms with van der Waals surface area (Å²) in [5, 5.41) is 9.15. The molecule has 0 saturated heterocycles. The number of carbonyl (C=O) groups is 1. The van der Waals surface area contributed by atoms with Crippen LogP contribution in [0.15, 0.2) is 24.3 Å². The summed E-state index contributed by atoms with van der Waals surface area (Å²) < 4.78 is 0. The zero-order valence-corrected chi connectivity index (χ0v) is 19.5. The number of allylic oxidation sites excluding steroid dienone is 4. The Hall–Kier alpha value is -1.09. The lowest BCUT2D eigenvalue weighted by atomic mass is 10.1. The normalized spacial score (nSPS) is 12.0. The molecule has 0 aliphatic rings. The number of carboxylic acid groups (broad SMARTS) is 1. The van der Waals surface area contributed by atoms with E-state index in [2.05, 4.69) is 43.1 Å². The van der Waals surface area contributed by atoms with E-state index in [1.54, 1.807) is 0 Å². The van der Waals surface area contributed by atoms with Gasteiger partial charge < -0.3 is 5.11 Å². The van der Waals surface area contributed by atoms with Gasteiger partial charge in [-0.05, 0) is 64.5 Å². The molecule has 0 radical (unpaired) electrons. The van der Waals surface area contributed by atoms with Crippen molar-refractivity contribution < 1.29 is 9.90 Å². The van der Waals surface area contributed by atoms with E-state index in [9.17, 15) is 4.79 Å². The third-order valence-corrected chi connectivity index (χ3v) is 5.35. The molecule has 0 bridgehead atoms. The Morgan fingerprint density at radius 2 is 1.00 bits per heavy atom. The van der Waals surface area contributed by atoms with Gasteiger partial charge in [-0.15, -0.1) is 0 Å².